The molecule has 0 spiro atoms. The average Bonchev–Trinajstić information content (AvgIpc) is 3.59. The molecular formula is C70H136O17P2. The molecule has 0 aromatic heterocycles. The first-order chi connectivity index (χ1) is 43.0. The number of carbonyl (C=O) groups excluding carboxylic acids is 4. The lowest BCUT2D eigenvalue weighted by Crippen LogP contribution is -2.30. The van der Waals surface area contributed by atoms with E-state index in [9.17, 15) is 43.2 Å². The number of aliphatic hydroxyl groups is 1. The van der Waals surface area contributed by atoms with Gasteiger partial charge in [0.1, 0.15) is 19.3 Å². The Morgan fingerprint density at radius 3 is 0.764 bits per heavy atom. The van der Waals surface area contributed by atoms with Crippen LogP contribution in [0.25, 0.3) is 0 Å². The van der Waals surface area contributed by atoms with Gasteiger partial charge in [-0.25, -0.2) is 9.13 Å². The van der Waals surface area contributed by atoms with Gasteiger partial charge in [-0.15, -0.1) is 0 Å². The molecule has 0 rings (SSSR count). The van der Waals surface area contributed by atoms with Crippen molar-refractivity contribution in [2.24, 2.45) is 5.92 Å². The highest BCUT2D eigenvalue weighted by molar-refractivity contribution is 7.47. The van der Waals surface area contributed by atoms with Gasteiger partial charge in [0, 0.05) is 25.7 Å². The number of aliphatic hydroxyl groups excluding tert-OH is 1. The molecule has 0 aromatic rings. The molecule has 0 aromatic carbocycles. The maximum atomic E-state index is 13.0. The fraction of sp³-hybridized carbons (Fsp3) is 0.943. The molecule has 19 heteroatoms. The summed E-state index contributed by atoms with van der Waals surface area (Å²) in [5, 5.41) is 10.6. The quantitative estimate of drug-likeness (QED) is 0.0222. The molecule has 2 unspecified atom stereocenters. The molecule has 0 bridgehead atoms. The molecule has 0 aliphatic heterocycles. The van der Waals surface area contributed by atoms with E-state index in [1.54, 1.807) is 0 Å². The van der Waals surface area contributed by atoms with E-state index in [2.05, 4.69) is 34.6 Å². The van der Waals surface area contributed by atoms with E-state index < -0.39 is 97.5 Å². The number of hydrogen-bond acceptors (Lipinski definition) is 15. The second kappa shape index (κ2) is 63.5. The predicted molar refractivity (Wildman–Crippen MR) is 358 cm³/mol. The maximum Gasteiger partial charge on any atom is 0.472 e. The Kier molecular flexibility index (Phi) is 62.1. The second-order valence-electron chi connectivity index (χ2n) is 25.7. The standard InChI is InChI=1S/C70H136O17P2/c1-6-9-12-15-18-21-23-24-28-31-35-39-44-49-54-68(73)81-60-66(87-70(75)56-51-46-41-36-32-29-26-25-27-30-33-37-42-47-52-63(4)5)62-85-89(78,79)83-58-64(71)57-82-88(76,77)84-61-65(59-80-67(72)53-48-43-38-20-17-14-11-8-3)86-69(74)55-50-45-40-34-22-19-16-13-10-7-2/h63-66,71H,6-62H2,1-5H3,(H,76,77)(H,78,79)/t64-,65+,66+/m0/s1. The zero-order valence-corrected chi connectivity index (χ0v) is 59.4. The van der Waals surface area contributed by atoms with Crippen molar-refractivity contribution in [3.8, 4) is 0 Å². The Balaban J connectivity index is 5.21. The minimum Gasteiger partial charge on any atom is -0.462 e. The molecule has 0 radical (unpaired) electrons. The van der Waals surface area contributed by atoms with Gasteiger partial charge in [0.15, 0.2) is 12.2 Å². The zero-order chi connectivity index (χ0) is 65.6. The monoisotopic (exact) mass is 1310 g/mol. The first-order valence-corrected chi connectivity index (χ1v) is 39.6. The van der Waals surface area contributed by atoms with Gasteiger partial charge in [0.2, 0.25) is 0 Å². The van der Waals surface area contributed by atoms with E-state index in [1.165, 1.54) is 180 Å². The van der Waals surface area contributed by atoms with Crippen molar-refractivity contribution in [2.45, 2.75) is 380 Å². The van der Waals surface area contributed by atoms with E-state index in [0.29, 0.717) is 25.7 Å². The lowest BCUT2D eigenvalue weighted by molar-refractivity contribution is -0.161. The summed E-state index contributed by atoms with van der Waals surface area (Å²) in [5.74, 6) is -1.33. The minimum absolute atomic E-state index is 0.106. The molecule has 3 N–H and O–H groups in total. The molecule has 5 atom stereocenters. The number of carbonyl (C=O) groups is 4. The molecule has 528 valence electrons. The molecule has 0 heterocycles. The van der Waals surface area contributed by atoms with Gasteiger partial charge in [-0.2, -0.15) is 0 Å². The van der Waals surface area contributed by atoms with E-state index in [-0.39, 0.29) is 25.7 Å². The fourth-order valence-electron chi connectivity index (χ4n) is 10.6. The van der Waals surface area contributed by atoms with Gasteiger partial charge in [0.25, 0.3) is 0 Å². The zero-order valence-electron chi connectivity index (χ0n) is 57.6. The first kappa shape index (κ1) is 87.1. The summed E-state index contributed by atoms with van der Waals surface area (Å²) in [7, 11) is -9.89. The Morgan fingerprint density at radius 1 is 0.303 bits per heavy atom. The summed E-state index contributed by atoms with van der Waals surface area (Å²) < 4.78 is 68.2. The maximum absolute atomic E-state index is 13.0. The third kappa shape index (κ3) is 64.6. The number of esters is 4. The smallest absolute Gasteiger partial charge is 0.462 e. The van der Waals surface area contributed by atoms with Crippen molar-refractivity contribution < 1.29 is 80.2 Å². The van der Waals surface area contributed by atoms with E-state index >= 15 is 0 Å². The van der Waals surface area contributed by atoms with Crippen LogP contribution in [-0.2, 0) is 65.4 Å². The molecule has 0 aliphatic carbocycles. The Morgan fingerprint density at radius 2 is 0.517 bits per heavy atom. The van der Waals surface area contributed by atoms with Gasteiger partial charge in [-0.05, 0) is 31.6 Å². The Labute approximate surface area is 543 Å². The van der Waals surface area contributed by atoms with Gasteiger partial charge >= 0.3 is 39.5 Å². The molecule has 0 aliphatic rings. The van der Waals surface area contributed by atoms with E-state index in [4.69, 9.17) is 37.0 Å². The molecule has 17 nitrogen and oxygen atoms in total. The third-order valence-electron chi connectivity index (χ3n) is 16.3. The van der Waals surface area contributed by atoms with Crippen LogP contribution in [0.3, 0.4) is 0 Å². The lowest BCUT2D eigenvalue weighted by atomic mass is 10.0. The van der Waals surface area contributed by atoms with E-state index in [1.807, 2.05) is 0 Å². The highest BCUT2D eigenvalue weighted by Crippen LogP contribution is 2.45. The Bertz CT molecular complexity index is 1720. The van der Waals surface area contributed by atoms with Crippen LogP contribution in [0.2, 0.25) is 0 Å². The summed E-state index contributed by atoms with van der Waals surface area (Å²) >= 11 is 0. The highest BCUT2D eigenvalue weighted by Gasteiger charge is 2.30. The third-order valence-corrected chi connectivity index (χ3v) is 18.2. The molecule has 89 heavy (non-hydrogen) atoms. The average molecular weight is 1310 g/mol. The number of phosphoric acid groups is 2. The Hall–Kier alpha value is -1.94. The van der Waals surface area contributed by atoms with Crippen LogP contribution in [-0.4, -0.2) is 96.7 Å². The van der Waals surface area contributed by atoms with E-state index in [0.717, 1.165) is 102 Å². The minimum atomic E-state index is -4.95. The molecular weight excluding hydrogens is 1170 g/mol. The lowest BCUT2D eigenvalue weighted by Gasteiger charge is -2.21. The van der Waals surface area contributed by atoms with Crippen molar-refractivity contribution >= 4 is 39.5 Å². The number of unbranched alkanes of at least 4 members (excludes halogenated alkanes) is 42. The summed E-state index contributed by atoms with van der Waals surface area (Å²) in [6, 6.07) is 0. The van der Waals surface area contributed by atoms with Crippen LogP contribution in [0, 0.1) is 5.92 Å². The number of phosphoric ester groups is 2. The molecule has 0 saturated heterocycles. The van der Waals surface area contributed by atoms with Crippen molar-refractivity contribution in [1.82, 2.24) is 0 Å². The van der Waals surface area contributed by atoms with Crippen LogP contribution in [0.1, 0.15) is 362 Å². The van der Waals surface area contributed by atoms with Crippen molar-refractivity contribution in [2.75, 3.05) is 39.6 Å². The SMILES string of the molecule is CCCCCCCCCCCCCCCCC(=O)OC[C@H](COP(=O)(O)OC[C@@H](O)COP(=O)(O)OC[C@@H](COC(=O)CCCCCCCCCC)OC(=O)CCCCCCCCCCCC)OC(=O)CCCCCCCCCCCCCCCCC(C)C. The van der Waals surface area contributed by atoms with Crippen LogP contribution in [0.4, 0.5) is 0 Å². The predicted octanol–water partition coefficient (Wildman–Crippen LogP) is 20.1. The van der Waals surface area contributed by atoms with Gasteiger partial charge in [-0.1, -0.05) is 311 Å². The van der Waals surface area contributed by atoms with Crippen molar-refractivity contribution in [3.05, 3.63) is 0 Å². The molecule has 0 fully saturated rings. The van der Waals surface area contributed by atoms with Gasteiger partial charge in [-0.3, -0.25) is 37.3 Å². The largest absolute Gasteiger partial charge is 0.472 e. The fourth-order valence-corrected chi connectivity index (χ4v) is 12.2. The number of hydrogen-bond donors (Lipinski definition) is 3. The van der Waals surface area contributed by atoms with Gasteiger partial charge < -0.3 is 33.8 Å². The summed E-state index contributed by atoms with van der Waals surface area (Å²) in [5.41, 5.74) is 0. The number of ether oxygens (including phenoxy) is 4. The number of rotatable bonds is 70. The van der Waals surface area contributed by atoms with Gasteiger partial charge in [0.05, 0.1) is 26.4 Å². The van der Waals surface area contributed by atoms with Crippen LogP contribution < -0.4 is 0 Å². The molecule has 0 amide bonds. The van der Waals surface area contributed by atoms with Crippen LogP contribution in [0.15, 0.2) is 0 Å². The summed E-state index contributed by atoms with van der Waals surface area (Å²) in [4.78, 5) is 72.4. The molecule has 0 saturated carbocycles. The normalized spacial score (nSPS) is 14.1. The van der Waals surface area contributed by atoms with Crippen molar-refractivity contribution in [3.63, 3.8) is 0 Å². The summed E-state index contributed by atoms with van der Waals surface area (Å²) in [6.07, 6.45) is 49.9. The van der Waals surface area contributed by atoms with Crippen molar-refractivity contribution in [1.29, 1.82) is 0 Å². The second-order valence-corrected chi connectivity index (χ2v) is 28.7. The topological polar surface area (TPSA) is 237 Å². The van der Waals surface area contributed by atoms with Crippen LogP contribution in [0.5, 0.6) is 0 Å². The first-order valence-electron chi connectivity index (χ1n) is 36.6. The highest BCUT2D eigenvalue weighted by atomic mass is 31.2. The van der Waals surface area contributed by atoms with Crippen LogP contribution >= 0.6 is 15.6 Å². The summed E-state index contributed by atoms with van der Waals surface area (Å²) in [6.45, 7) is 7.24.